The van der Waals surface area contributed by atoms with E-state index in [2.05, 4.69) is 25.1 Å². The molecule has 0 radical (unpaired) electrons. The van der Waals surface area contributed by atoms with E-state index in [9.17, 15) is 9.18 Å². The molecule has 4 rings (SSSR count). The Morgan fingerprint density at radius 1 is 1.26 bits per heavy atom. The van der Waals surface area contributed by atoms with Crippen LogP contribution in [0.3, 0.4) is 0 Å². The lowest BCUT2D eigenvalue weighted by Gasteiger charge is -2.09. The molecule has 2 aromatic heterocycles. The van der Waals surface area contributed by atoms with Gasteiger partial charge in [0, 0.05) is 29.0 Å². The van der Waals surface area contributed by atoms with Gasteiger partial charge in [-0.25, -0.2) is 4.39 Å². The number of hydrogen-bond acceptors (Lipinski definition) is 5. The van der Waals surface area contributed by atoms with Gasteiger partial charge in [0.05, 0.1) is 11.4 Å². The molecule has 1 amide bonds. The van der Waals surface area contributed by atoms with Gasteiger partial charge in [-0.15, -0.1) is 10.2 Å². The van der Waals surface area contributed by atoms with E-state index in [1.165, 1.54) is 30.0 Å². The van der Waals surface area contributed by atoms with E-state index in [4.69, 9.17) is 11.6 Å². The van der Waals surface area contributed by atoms with E-state index in [0.717, 1.165) is 24.2 Å². The Morgan fingerprint density at radius 3 is 2.78 bits per heavy atom. The van der Waals surface area contributed by atoms with Gasteiger partial charge in [-0.05, 0) is 43.2 Å². The minimum absolute atomic E-state index is 0.0641. The predicted molar refractivity (Wildman–Crippen MR) is 102 cm³/mol. The number of thioether (sulfide) groups is 1. The number of halogens is 2. The lowest BCUT2D eigenvalue weighted by atomic mass is 10.2. The lowest BCUT2D eigenvalue weighted by Crippen LogP contribution is -2.15. The van der Waals surface area contributed by atoms with Crippen LogP contribution in [0, 0.1) is 5.82 Å². The van der Waals surface area contributed by atoms with Crippen molar-refractivity contribution in [1.82, 2.24) is 19.7 Å². The summed E-state index contributed by atoms with van der Waals surface area (Å²) in [4.78, 5) is 16.2. The molecule has 138 valence electrons. The quantitative estimate of drug-likeness (QED) is 0.624. The zero-order chi connectivity index (χ0) is 18.8. The van der Waals surface area contributed by atoms with Crippen LogP contribution in [0.5, 0.6) is 0 Å². The third kappa shape index (κ3) is 4.12. The molecule has 9 heteroatoms. The highest BCUT2D eigenvalue weighted by molar-refractivity contribution is 7.99. The molecular formula is C18H15ClFN5OS. The van der Waals surface area contributed by atoms with Crippen LogP contribution in [0.15, 0.2) is 47.9 Å². The monoisotopic (exact) mass is 403 g/mol. The molecule has 0 unspecified atom stereocenters. The van der Waals surface area contributed by atoms with Crippen LogP contribution in [0.1, 0.15) is 18.9 Å². The van der Waals surface area contributed by atoms with E-state index in [-0.39, 0.29) is 17.3 Å². The van der Waals surface area contributed by atoms with Gasteiger partial charge in [-0.2, -0.15) is 0 Å². The largest absolute Gasteiger partial charge is 0.323 e. The number of aromatic nitrogens is 4. The summed E-state index contributed by atoms with van der Waals surface area (Å²) in [6, 6.07) is 8.14. The normalized spacial score (nSPS) is 13.6. The first kappa shape index (κ1) is 17.9. The van der Waals surface area contributed by atoms with Gasteiger partial charge in [0.1, 0.15) is 5.82 Å². The number of carbonyl (C=O) groups excluding carboxylic acids is 1. The van der Waals surface area contributed by atoms with Crippen molar-refractivity contribution in [3.63, 3.8) is 0 Å². The number of pyridine rings is 1. The molecule has 0 bridgehead atoms. The fraction of sp³-hybridized carbons (Fsp3) is 0.222. The molecule has 0 aliphatic heterocycles. The SMILES string of the molecule is O=C(CSc1nnc(-c2ccncc2)n1C1CC1)Nc1cc(Cl)ccc1F. The van der Waals surface area contributed by atoms with Gasteiger partial charge < -0.3 is 5.32 Å². The lowest BCUT2D eigenvalue weighted by molar-refractivity contribution is -0.113. The Labute approximate surface area is 164 Å². The van der Waals surface area contributed by atoms with Gasteiger partial charge >= 0.3 is 0 Å². The number of anilines is 1. The molecule has 27 heavy (non-hydrogen) atoms. The van der Waals surface area contributed by atoms with Crippen molar-refractivity contribution >= 4 is 35.0 Å². The smallest absolute Gasteiger partial charge is 0.234 e. The second-order valence-corrected chi connectivity index (χ2v) is 7.48. The van der Waals surface area contributed by atoms with Crippen molar-refractivity contribution in [2.75, 3.05) is 11.1 Å². The molecule has 0 spiro atoms. The van der Waals surface area contributed by atoms with Crippen molar-refractivity contribution in [2.45, 2.75) is 24.0 Å². The Morgan fingerprint density at radius 2 is 2.04 bits per heavy atom. The fourth-order valence-electron chi connectivity index (χ4n) is 2.64. The number of benzene rings is 1. The van der Waals surface area contributed by atoms with Crippen LogP contribution in [0.2, 0.25) is 5.02 Å². The van der Waals surface area contributed by atoms with E-state index >= 15 is 0 Å². The predicted octanol–water partition coefficient (Wildman–Crippen LogP) is 4.20. The van der Waals surface area contributed by atoms with Crippen LogP contribution < -0.4 is 5.32 Å². The van der Waals surface area contributed by atoms with Crippen LogP contribution in [-0.2, 0) is 4.79 Å². The maximum absolute atomic E-state index is 13.8. The standard InChI is InChI=1S/C18H15ClFN5OS/c19-12-1-4-14(20)15(9-12)22-16(26)10-27-18-24-23-17(25(18)13-2-3-13)11-5-7-21-8-6-11/h1,4-9,13H,2-3,10H2,(H,22,26). The summed E-state index contributed by atoms with van der Waals surface area (Å²) < 4.78 is 15.8. The number of carbonyl (C=O) groups is 1. The zero-order valence-electron chi connectivity index (χ0n) is 14.1. The summed E-state index contributed by atoms with van der Waals surface area (Å²) in [6.45, 7) is 0. The first-order valence-electron chi connectivity index (χ1n) is 8.35. The fourth-order valence-corrected chi connectivity index (χ4v) is 3.62. The average Bonchev–Trinajstić information content (AvgIpc) is 3.43. The molecule has 1 fully saturated rings. The summed E-state index contributed by atoms with van der Waals surface area (Å²) in [5.41, 5.74) is 0.996. The third-order valence-corrected chi connectivity index (χ3v) is 5.23. The van der Waals surface area contributed by atoms with Crippen LogP contribution in [0.25, 0.3) is 11.4 Å². The Bertz CT molecular complexity index is 977. The van der Waals surface area contributed by atoms with E-state index in [1.807, 2.05) is 12.1 Å². The van der Waals surface area contributed by atoms with Gasteiger partial charge in [-0.1, -0.05) is 23.4 Å². The number of nitrogens with zero attached hydrogens (tertiary/aromatic N) is 4. The van der Waals surface area contributed by atoms with Crippen molar-refractivity contribution in [3.05, 3.63) is 53.6 Å². The van der Waals surface area contributed by atoms with E-state index in [0.29, 0.717) is 16.2 Å². The molecule has 3 aromatic rings. The van der Waals surface area contributed by atoms with Crippen LogP contribution in [0.4, 0.5) is 10.1 Å². The topological polar surface area (TPSA) is 72.7 Å². The summed E-state index contributed by atoms with van der Waals surface area (Å²) in [6.07, 6.45) is 5.54. The summed E-state index contributed by atoms with van der Waals surface area (Å²) >= 11 is 7.12. The minimum Gasteiger partial charge on any atom is -0.323 e. The summed E-state index contributed by atoms with van der Waals surface area (Å²) in [5, 5.41) is 12.1. The molecular weight excluding hydrogens is 389 g/mol. The maximum atomic E-state index is 13.8. The zero-order valence-corrected chi connectivity index (χ0v) is 15.7. The summed E-state index contributed by atoms with van der Waals surface area (Å²) in [7, 11) is 0. The highest BCUT2D eigenvalue weighted by Crippen LogP contribution is 2.41. The molecule has 1 aliphatic rings. The van der Waals surface area contributed by atoms with Crippen molar-refractivity contribution in [1.29, 1.82) is 0 Å². The Kier molecular flexibility index (Phi) is 5.09. The second kappa shape index (κ2) is 7.66. The maximum Gasteiger partial charge on any atom is 0.234 e. The van der Waals surface area contributed by atoms with Gasteiger partial charge in [0.25, 0.3) is 0 Å². The highest BCUT2D eigenvalue weighted by Gasteiger charge is 2.30. The molecule has 6 nitrogen and oxygen atoms in total. The van der Waals surface area contributed by atoms with E-state index in [1.54, 1.807) is 12.4 Å². The van der Waals surface area contributed by atoms with Crippen molar-refractivity contribution in [2.24, 2.45) is 0 Å². The average molecular weight is 404 g/mol. The number of nitrogens with one attached hydrogen (secondary N) is 1. The molecule has 1 saturated carbocycles. The molecule has 1 aromatic carbocycles. The van der Waals surface area contributed by atoms with E-state index < -0.39 is 5.82 Å². The molecule has 0 saturated heterocycles. The second-order valence-electron chi connectivity index (χ2n) is 6.10. The molecule has 0 atom stereocenters. The first-order valence-corrected chi connectivity index (χ1v) is 9.71. The van der Waals surface area contributed by atoms with Crippen LogP contribution in [-0.4, -0.2) is 31.4 Å². The Balaban J connectivity index is 1.48. The number of rotatable bonds is 6. The number of amides is 1. The highest BCUT2D eigenvalue weighted by atomic mass is 35.5. The molecule has 2 heterocycles. The molecule has 1 aliphatic carbocycles. The first-order chi connectivity index (χ1) is 13.1. The van der Waals surface area contributed by atoms with Gasteiger partial charge in [-0.3, -0.25) is 14.3 Å². The van der Waals surface area contributed by atoms with Gasteiger partial charge in [0.2, 0.25) is 5.91 Å². The third-order valence-electron chi connectivity index (χ3n) is 4.05. The number of hydrogen-bond donors (Lipinski definition) is 1. The van der Waals surface area contributed by atoms with Crippen molar-refractivity contribution in [3.8, 4) is 11.4 Å². The Hall–Kier alpha value is -2.45. The molecule has 1 N–H and O–H groups in total. The summed E-state index contributed by atoms with van der Waals surface area (Å²) in [5.74, 6) is -0.00722. The minimum atomic E-state index is -0.529. The van der Waals surface area contributed by atoms with Gasteiger partial charge in [0.15, 0.2) is 11.0 Å². The van der Waals surface area contributed by atoms with Crippen molar-refractivity contribution < 1.29 is 9.18 Å². The van der Waals surface area contributed by atoms with Crippen LogP contribution >= 0.6 is 23.4 Å².